The van der Waals surface area contributed by atoms with Gasteiger partial charge in [0.15, 0.2) is 0 Å². The molecular formula is C7H7BrO. The van der Waals surface area contributed by atoms with E-state index >= 15 is 0 Å². The molecule has 1 unspecified atom stereocenters. The molecule has 0 amide bonds. The van der Waals surface area contributed by atoms with E-state index in [9.17, 15) is 0 Å². The molecule has 0 aliphatic heterocycles. The van der Waals surface area contributed by atoms with E-state index in [4.69, 9.17) is 5.11 Å². The van der Waals surface area contributed by atoms with Gasteiger partial charge >= 0.3 is 0 Å². The molecule has 0 saturated heterocycles. The molecule has 1 N–H and O–H groups in total. The van der Waals surface area contributed by atoms with Crippen LogP contribution in [-0.4, -0.2) is 11.2 Å². The van der Waals surface area contributed by atoms with Crippen molar-refractivity contribution in [1.29, 1.82) is 0 Å². The molecule has 0 fully saturated rings. The van der Waals surface area contributed by atoms with E-state index in [-0.39, 0.29) is 0 Å². The van der Waals surface area contributed by atoms with E-state index in [1.54, 1.807) is 18.2 Å². The van der Waals surface area contributed by atoms with Gasteiger partial charge in [0.25, 0.3) is 0 Å². The fourth-order valence-electron chi connectivity index (χ4n) is 0.617. The summed E-state index contributed by atoms with van der Waals surface area (Å²) in [6.45, 7) is 3.64. The predicted molar refractivity (Wildman–Crippen MR) is 41.3 cm³/mol. The van der Waals surface area contributed by atoms with Gasteiger partial charge in [0, 0.05) is 4.48 Å². The van der Waals surface area contributed by atoms with Crippen molar-refractivity contribution in [2.75, 3.05) is 0 Å². The quantitative estimate of drug-likeness (QED) is 0.612. The van der Waals surface area contributed by atoms with Crippen molar-refractivity contribution in [3.63, 3.8) is 0 Å². The summed E-state index contributed by atoms with van der Waals surface area (Å²) in [5.41, 5.74) is 0.726. The van der Waals surface area contributed by atoms with Crippen LogP contribution in [-0.2, 0) is 0 Å². The highest BCUT2D eigenvalue weighted by Gasteiger charge is 2.05. The van der Waals surface area contributed by atoms with E-state index in [2.05, 4.69) is 22.5 Å². The Bertz CT molecular complexity index is 191. The fraction of sp³-hybridized carbons (Fsp3) is 0.143. The maximum Gasteiger partial charge on any atom is 0.0969 e. The highest BCUT2D eigenvalue weighted by Crippen LogP contribution is 2.18. The van der Waals surface area contributed by atoms with Crippen molar-refractivity contribution >= 4 is 15.9 Å². The topological polar surface area (TPSA) is 20.2 Å². The minimum atomic E-state index is -0.494. The number of allylic oxidation sites excluding steroid dienone is 2. The second-order valence-corrected chi connectivity index (χ2v) is 2.82. The number of hydrogen-bond acceptors (Lipinski definition) is 1. The van der Waals surface area contributed by atoms with Crippen molar-refractivity contribution in [2.45, 2.75) is 6.10 Å². The molecule has 0 heterocycles. The van der Waals surface area contributed by atoms with Crippen LogP contribution in [0, 0.1) is 0 Å². The van der Waals surface area contributed by atoms with E-state index in [0.29, 0.717) is 0 Å². The van der Waals surface area contributed by atoms with Gasteiger partial charge in [0.1, 0.15) is 0 Å². The van der Waals surface area contributed by atoms with Crippen LogP contribution in [0.1, 0.15) is 0 Å². The van der Waals surface area contributed by atoms with Gasteiger partial charge in [-0.15, -0.1) is 0 Å². The lowest BCUT2D eigenvalue weighted by atomic mass is 10.1. The Morgan fingerprint density at radius 3 is 2.78 bits per heavy atom. The molecule has 0 bridgehead atoms. The number of aliphatic hydroxyl groups is 1. The number of aliphatic hydroxyl groups excluding tert-OH is 1. The Kier molecular flexibility index (Phi) is 1.88. The van der Waals surface area contributed by atoms with Crippen LogP contribution >= 0.6 is 15.9 Å². The molecule has 0 aromatic heterocycles. The van der Waals surface area contributed by atoms with Gasteiger partial charge < -0.3 is 5.11 Å². The van der Waals surface area contributed by atoms with Crippen LogP contribution < -0.4 is 0 Å². The first-order chi connectivity index (χ1) is 4.20. The lowest BCUT2D eigenvalue weighted by molar-refractivity contribution is 0.262. The highest BCUT2D eigenvalue weighted by molar-refractivity contribution is 9.11. The summed E-state index contributed by atoms with van der Waals surface area (Å²) in [7, 11) is 0. The maximum absolute atomic E-state index is 9.04. The zero-order valence-electron chi connectivity index (χ0n) is 4.84. The first kappa shape index (κ1) is 6.78. The van der Waals surface area contributed by atoms with E-state index in [1.807, 2.05) is 0 Å². The van der Waals surface area contributed by atoms with Gasteiger partial charge in [-0.25, -0.2) is 0 Å². The van der Waals surface area contributed by atoms with Crippen LogP contribution in [0.5, 0.6) is 0 Å². The van der Waals surface area contributed by atoms with E-state index < -0.39 is 6.10 Å². The second kappa shape index (κ2) is 2.50. The average Bonchev–Trinajstić information content (AvgIpc) is 1.80. The summed E-state index contributed by atoms with van der Waals surface area (Å²) in [6, 6.07) is 0. The third-order valence-corrected chi connectivity index (χ3v) is 1.63. The number of hydrogen-bond donors (Lipinski definition) is 1. The minimum absolute atomic E-state index is 0.494. The van der Waals surface area contributed by atoms with Crippen molar-refractivity contribution in [1.82, 2.24) is 0 Å². The average molecular weight is 187 g/mol. The van der Waals surface area contributed by atoms with Gasteiger partial charge in [-0.2, -0.15) is 0 Å². The van der Waals surface area contributed by atoms with Gasteiger partial charge in [-0.3, -0.25) is 0 Å². The summed E-state index contributed by atoms with van der Waals surface area (Å²) >= 11 is 3.26. The largest absolute Gasteiger partial charge is 0.384 e. The van der Waals surface area contributed by atoms with Crippen LogP contribution in [0.25, 0.3) is 0 Å². The predicted octanol–water partition coefficient (Wildman–Crippen LogP) is 1.75. The molecule has 2 heteroatoms. The molecule has 0 radical (unpaired) electrons. The third-order valence-electron chi connectivity index (χ3n) is 1.14. The van der Waals surface area contributed by atoms with Crippen molar-refractivity contribution in [3.05, 3.63) is 34.9 Å². The summed E-state index contributed by atoms with van der Waals surface area (Å²) in [4.78, 5) is 0. The third kappa shape index (κ3) is 1.53. The van der Waals surface area contributed by atoms with Gasteiger partial charge in [0.2, 0.25) is 0 Å². The lowest BCUT2D eigenvalue weighted by Crippen LogP contribution is -2.05. The summed E-state index contributed by atoms with van der Waals surface area (Å²) in [6.07, 6.45) is 4.79. The molecule has 0 aromatic carbocycles. The van der Waals surface area contributed by atoms with Crippen LogP contribution in [0.4, 0.5) is 0 Å². The molecule has 1 aliphatic rings. The van der Waals surface area contributed by atoms with E-state index in [1.165, 1.54) is 0 Å². The molecule has 1 nitrogen and oxygen atoms in total. The summed E-state index contributed by atoms with van der Waals surface area (Å²) < 4.78 is 0.956. The van der Waals surface area contributed by atoms with Crippen molar-refractivity contribution in [2.24, 2.45) is 0 Å². The molecule has 1 rings (SSSR count). The van der Waals surface area contributed by atoms with Crippen molar-refractivity contribution < 1.29 is 5.11 Å². The monoisotopic (exact) mass is 186 g/mol. The van der Waals surface area contributed by atoms with Crippen molar-refractivity contribution in [3.8, 4) is 0 Å². The Balaban J connectivity index is 2.82. The second-order valence-electron chi connectivity index (χ2n) is 1.91. The Labute approximate surface area is 62.5 Å². The summed E-state index contributed by atoms with van der Waals surface area (Å²) in [5.74, 6) is 0. The van der Waals surface area contributed by atoms with Crippen LogP contribution in [0.15, 0.2) is 34.9 Å². The van der Waals surface area contributed by atoms with Crippen LogP contribution in [0.2, 0.25) is 0 Å². The van der Waals surface area contributed by atoms with Crippen LogP contribution in [0.3, 0.4) is 0 Å². The first-order valence-electron chi connectivity index (χ1n) is 2.62. The maximum atomic E-state index is 9.04. The van der Waals surface area contributed by atoms with E-state index in [0.717, 1.165) is 10.1 Å². The fourth-order valence-corrected chi connectivity index (χ4v) is 1.06. The molecule has 48 valence electrons. The SMILES string of the molecule is C=C1C=C(Br)C=CC1O. The lowest BCUT2D eigenvalue weighted by Gasteiger charge is -2.09. The van der Waals surface area contributed by atoms with Gasteiger partial charge in [-0.05, 0) is 17.7 Å². The molecule has 1 aliphatic carbocycles. The number of rotatable bonds is 0. The first-order valence-corrected chi connectivity index (χ1v) is 3.42. The standard InChI is InChI=1S/C7H7BrO/c1-5-4-6(8)2-3-7(5)9/h2-4,7,9H,1H2. The zero-order chi connectivity index (χ0) is 6.85. The number of halogens is 1. The minimum Gasteiger partial charge on any atom is -0.384 e. The molecule has 9 heavy (non-hydrogen) atoms. The Hall–Kier alpha value is -0.340. The molecule has 0 saturated carbocycles. The molecular weight excluding hydrogens is 180 g/mol. The zero-order valence-corrected chi connectivity index (χ0v) is 6.43. The van der Waals surface area contributed by atoms with Gasteiger partial charge in [-0.1, -0.05) is 28.6 Å². The van der Waals surface area contributed by atoms with Gasteiger partial charge in [0.05, 0.1) is 6.10 Å². The molecule has 0 spiro atoms. The normalized spacial score (nSPS) is 26.2. The Morgan fingerprint density at radius 1 is 1.67 bits per heavy atom. The highest BCUT2D eigenvalue weighted by atomic mass is 79.9. The smallest absolute Gasteiger partial charge is 0.0969 e. The molecule has 0 aromatic rings. The summed E-state index contributed by atoms with van der Waals surface area (Å²) in [5, 5.41) is 9.04. The molecule has 1 atom stereocenters. The Morgan fingerprint density at radius 2 is 2.33 bits per heavy atom.